The molecule has 106 valence electrons. The highest BCUT2D eigenvalue weighted by molar-refractivity contribution is 5.89. The first-order valence-corrected chi connectivity index (χ1v) is 6.37. The Bertz CT molecular complexity index is 377. The van der Waals surface area contributed by atoms with Crippen molar-refractivity contribution in [3.8, 4) is 0 Å². The van der Waals surface area contributed by atoms with Crippen molar-refractivity contribution in [2.75, 3.05) is 13.2 Å². The third-order valence-electron chi connectivity index (χ3n) is 3.13. The maximum atomic E-state index is 10.6. The SMILES string of the molecule is C=CC(=O)OCC1CCCO1.CC1=C(C(=O)O)CC1. The first kappa shape index (κ1) is 15.4. The maximum absolute atomic E-state index is 10.6. The lowest BCUT2D eigenvalue weighted by molar-refractivity contribution is -0.141. The number of esters is 1. The Morgan fingerprint density at radius 1 is 1.53 bits per heavy atom. The number of carbonyl (C=O) groups is 2. The van der Waals surface area contributed by atoms with E-state index in [9.17, 15) is 9.59 Å². The highest BCUT2D eigenvalue weighted by Gasteiger charge is 2.18. The second-order valence-corrected chi connectivity index (χ2v) is 4.53. The average Bonchev–Trinajstić information content (AvgIpc) is 2.87. The van der Waals surface area contributed by atoms with Gasteiger partial charge in [-0.2, -0.15) is 0 Å². The van der Waals surface area contributed by atoms with Crippen LogP contribution in [-0.2, 0) is 19.1 Å². The van der Waals surface area contributed by atoms with Gasteiger partial charge in [0.2, 0.25) is 0 Å². The molecule has 0 aromatic rings. The quantitative estimate of drug-likeness (QED) is 0.624. The monoisotopic (exact) mass is 268 g/mol. The fourth-order valence-electron chi connectivity index (χ4n) is 1.80. The van der Waals surface area contributed by atoms with Crippen LogP contribution in [0.2, 0.25) is 0 Å². The third kappa shape index (κ3) is 5.26. The zero-order valence-electron chi connectivity index (χ0n) is 11.2. The molecule has 0 amide bonds. The first-order chi connectivity index (χ1) is 9.04. The van der Waals surface area contributed by atoms with Gasteiger partial charge in [0.15, 0.2) is 0 Å². The molecule has 1 N–H and O–H groups in total. The van der Waals surface area contributed by atoms with Crippen LogP contribution in [-0.4, -0.2) is 36.4 Å². The van der Waals surface area contributed by atoms with Gasteiger partial charge in [0.25, 0.3) is 0 Å². The fourth-order valence-corrected chi connectivity index (χ4v) is 1.80. The van der Waals surface area contributed by atoms with Crippen LogP contribution in [0.5, 0.6) is 0 Å². The Hall–Kier alpha value is -1.62. The summed E-state index contributed by atoms with van der Waals surface area (Å²) in [7, 11) is 0. The molecule has 1 heterocycles. The van der Waals surface area contributed by atoms with Crippen LogP contribution < -0.4 is 0 Å². The Labute approximate surface area is 112 Å². The smallest absolute Gasteiger partial charge is 0.331 e. The topological polar surface area (TPSA) is 72.8 Å². The van der Waals surface area contributed by atoms with E-state index in [0.29, 0.717) is 12.2 Å². The number of aliphatic carboxylic acids is 1. The normalized spacial score (nSPS) is 21.0. The van der Waals surface area contributed by atoms with Crippen LogP contribution in [0.1, 0.15) is 32.6 Å². The molecule has 0 aromatic carbocycles. The molecule has 1 aliphatic carbocycles. The molecular formula is C14H20O5. The summed E-state index contributed by atoms with van der Waals surface area (Å²) in [6.45, 7) is 6.31. The van der Waals surface area contributed by atoms with E-state index >= 15 is 0 Å². The van der Waals surface area contributed by atoms with E-state index in [0.717, 1.165) is 43.9 Å². The number of hydrogen-bond donors (Lipinski definition) is 1. The molecular weight excluding hydrogens is 248 g/mol. The van der Waals surface area contributed by atoms with Gasteiger partial charge in [-0.3, -0.25) is 0 Å². The molecule has 5 heteroatoms. The van der Waals surface area contributed by atoms with E-state index in [1.165, 1.54) is 0 Å². The number of carboxylic acid groups (broad SMARTS) is 1. The van der Waals surface area contributed by atoms with Gasteiger partial charge in [0.05, 0.1) is 6.10 Å². The molecule has 2 aliphatic rings. The number of rotatable bonds is 4. The van der Waals surface area contributed by atoms with Crippen LogP contribution >= 0.6 is 0 Å². The molecule has 19 heavy (non-hydrogen) atoms. The van der Waals surface area contributed by atoms with E-state index in [-0.39, 0.29) is 12.1 Å². The average molecular weight is 268 g/mol. The van der Waals surface area contributed by atoms with Crippen molar-refractivity contribution in [1.29, 1.82) is 0 Å². The summed E-state index contributed by atoms with van der Waals surface area (Å²) in [5, 5.41) is 8.35. The molecule has 1 atom stereocenters. The summed E-state index contributed by atoms with van der Waals surface area (Å²) in [5.41, 5.74) is 1.66. The zero-order valence-corrected chi connectivity index (χ0v) is 11.2. The van der Waals surface area contributed by atoms with Gasteiger partial charge in [0, 0.05) is 18.3 Å². The van der Waals surface area contributed by atoms with Crippen LogP contribution in [0.25, 0.3) is 0 Å². The molecule has 1 fully saturated rings. The van der Waals surface area contributed by atoms with Gasteiger partial charge in [-0.1, -0.05) is 12.2 Å². The van der Waals surface area contributed by atoms with Crippen LogP contribution in [0.3, 0.4) is 0 Å². The summed E-state index contributed by atoms with van der Waals surface area (Å²) in [6.07, 6.45) is 5.07. The molecule has 5 nitrogen and oxygen atoms in total. The number of hydrogen-bond acceptors (Lipinski definition) is 4. The number of ether oxygens (including phenoxy) is 2. The third-order valence-corrected chi connectivity index (χ3v) is 3.13. The minimum Gasteiger partial charge on any atom is -0.478 e. The van der Waals surface area contributed by atoms with E-state index in [1.54, 1.807) is 0 Å². The molecule has 2 rings (SSSR count). The number of allylic oxidation sites excluding steroid dienone is 1. The lowest BCUT2D eigenvalue weighted by Crippen LogP contribution is -2.16. The van der Waals surface area contributed by atoms with Crippen molar-refractivity contribution in [3.63, 3.8) is 0 Å². The standard InChI is InChI=1S/C8H12O3.C6H8O2/c1-2-8(9)11-6-7-4-3-5-10-7;1-4-2-3-5(4)6(7)8/h2,7H,1,3-6H2;2-3H2,1H3,(H,7,8). The van der Waals surface area contributed by atoms with Crippen molar-refractivity contribution in [2.45, 2.75) is 38.7 Å². The van der Waals surface area contributed by atoms with E-state index in [1.807, 2.05) is 6.92 Å². The fraction of sp³-hybridized carbons (Fsp3) is 0.571. The highest BCUT2D eigenvalue weighted by Crippen LogP contribution is 2.26. The molecule has 0 saturated carbocycles. The van der Waals surface area contributed by atoms with Crippen molar-refractivity contribution >= 4 is 11.9 Å². The Kier molecular flexibility index (Phi) is 6.29. The summed E-state index contributed by atoms with van der Waals surface area (Å²) in [5.74, 6) is -1.12. The molecule has 0 radical (unpaired) electrons. The predicted octanol–water partition coefficient (Wildman–Crippen LogP) is 2.08. The lowest BCUT2D eigenvalue weighted by Gasteiger charge is -2.15. The molecule has 0 bridgehead atoms. The van der Waals surface area contributed by atoms with Crippen molar-refractivity contribution in [3.05, 3.63) is 23.8 Å². The molecule has 1 aliphatic heterocycles. The maximum Gasteiger partial charge on any atom is 0.331 e. The van der Waals surface area contributed by atoms with Crippen molar-refractivity contribution in [1.82, 2.24) is 0 Å². The zero-order chi connectivity index (χ0) is 14.3. The Morgan fingerprint density at radius 2 is 2.26 bits per heavy atom. The van der Waals surface area contributed by atoms with Crippen molar-refractivity contribution < 1.29 is 24.2 Å². The van der Waals surface area contributed by atoms with E-state index in [4.69, 9.17) is 14.6 Å². The summed E-state index contributed by atoms with van der Waals surface area (Å²) in [4.78, 5) is 20.7. The molecule has 1 unspecified atom stereocenters. The summed E-state index contributed by atoms with van der Waals surface area (Å²) >= 11 is 0. The summed E-state index contributed by atoms with van der Waals surface area (Å²) < 4.78 is 10.0. The van der Waals surface area contributed by atoms with Gasteiger partial charge < -0.3 is 14.6 Å². The second-order valence-electron chi connectivity index (χ2n) is 4.53. The molecule has 0 spiro atoms. The van der Waals surface area contributed by atoms with Crippen LogP contribution in [0.15, 0.2) is 23.8 Å². The van der Waals surface area contributed by atoms with Gasteiger partial charge in [0.1, 0.15) is 6.61 Å². The number of carbonyl (C=O) groups excluding carboxylic acids is 1. The van der Waals surface area contributed by atoms with E-state index in [2.05, 4.69) is 6.58 Å². The first-order valence-electron chi connectivity index (χ1n) is 6.37. The van der Waals surface area contributed by atoms with Gasteiger partial charge in [-0.25, -0.2) is 9.59 Å². The van der Waals surface area contributed by atoms with Crippen LogP contribution in [0.4, 0.5) is 0 Å². The minimum absolute atomic E-state index is 0.110. The predicted molar refractivity (Wildman–Crippen MR) is 69.7 cm³/mol. The number of carboxylic acids is 1. The minimum atomic E-state index is -0.742. The lowest BCUT2D eigenvalue weighted by atomic mass is 9.90. The Morgan fingerprint density at radius 3 is 2.58 bits per heavy atom. The van der Waals surface area contributed by atoms with Crippen molar-refractivity contribution in [2.24, 2.45) is 0 Å². The van der Waals surface area contributed by atoms with Gasteiger partial charge >= 0.3 is 11.9 Å². The molecule has 1 saturated heterocycles. The van der Waals surface area contributed by atoms with Gasteiger partial charge in [-0.05, 0) is 32.6 Å². The summed E-state index contributed by atoms with van der Waals surface area (Å²) in [6, 6.07) is 0. The second kappa shape index (κ2) is 7.74. The van der Waals surface area contributed by atoms with Gasteiger partial charge in [-0.15, -0.1) is 0 Å². The molecule has 0 aromatic heterocycles. The van der Waals surface area contributed by atoms with E-state index < -0.39 is 5.97 Å². The van der Waals surface area contributed by atoms with Crippen LogP contribution in [0, 0.1) is 0 Å². The largest absolute Gasteiger partial charge is 0.478 e. The highest BCUT2D eigenvalue weighted by atomic mass is 16.6. The Balaban J connectivity index is 0.000000200.